The maximum absolute atomic E-state index is 6.24. The molecule has 175 valence electrons. The van der Waals surface area contributed by atoms with Gasteiger partial charge >= 0.3 is 0 Å². The fourth-order valence-electron chi connectivity index (χ4n) is 4.36. The molecule has 0 fully saturated rings. The lowest BCUT2D eigenvalue weighted by Gasteiger charge is -2.22. The molecule has 8 heteroatoms. The average Bonchev–Trinajstić information content (AvgIpc) is 3.45. The predicted molar refractivity (Wildman–Crippen MR) is 137 cm³/mol. The van der Waals surface area contributed by atoms with Gasteiger partial charge in [0.2, 0.25) is 5.90 Å². The van der Waals surface area contributed by atoms with Gasteiger partial charge in [-0.1, -0.05) is 72.4 Å². The lowest BCUT2D eigenvalue weighted by atomic mass is 9.88. The first-order valence-corrected chi connectivity index (χ1v) is 12.6. The fraction of sp³-hybridized carbons (Fsp3) is 0.440. The van der Waals surface area contributed by atoms with E-state index in [1.165, 1.54) is 0 Å². The molecule has 33 heavy (non-hydrogen) atoms. The van der Waals surface area contributed by atoms with E-state index >= 15 is 0 Å². The first kappa shape index (κ1) is 24.7. The Labute approximate surface area is 214 Å². The van der Waals surface area contributed by atoms with E-state index in [9.17, 15) is 0 Å². The van der Waals surface area contributed by atoms with E-state index < -0.39 is 0 Å². The second-order valence-electron chi connectivity index (χ2n) is 8.58. The zero-order valence-electron chi connectivity index (χ0n) is 18.4. The maximum Gasteiger partial charge on any atom is 0.274 e. The van der Waals surface area contributed by atoms with Gasteiger partial charge < -0.3 is 9.47 Å². The van der Waals surface area contributed by atoms with Crippen LogP contribution in [0.5, 0.6) is 0 Å². The summed E-state index contributed by atoms with van der Waals surface area (Å²) < 4.78 is 11.6. The molecule has 2 aliphatic rings. The summed E-state index contributed by atoms with van der Waals surface area (Å²) >= 11 is 24.6. The van der Waals surface area contributed by atoms with Crippen molar-refractivity contribution in [1.82, 2.24) is 0 Å². The summed E-state index contributed by atoms with van der Waals surface area (Å²) in [6.07, 6.45) is 4.88. The molecule has 4 nitrogen and oxygen atoms in total. The zero-order chi connectivity index (χ0) is 23.5. The van der Waals surface area contributed by atoms with Crippen LogP contribution in [-0.4, -0.2) is 37.1 Å². The highest BCUT2D eigenvalue weighted by Gasteiger charge is 2.38. The number of aliphatic imine (C=N–C) groups is 2. The summed E-state index contributed by atoms with van der Waals surface area (Å²) in [6.45, 7) is 4.83. The van der Waals surface area contributed by atoms with E-state index in [2.05, 4.69) is 25.2 Å². The van der Waals surface area contributed by atoms with Crippen molar-refractivity contribution in [2.24, 2.45) is 9.98 Å². The molecule has 0 N–H and O–H groups in total. The standard InChI is InChI=1S/C25H25Cl4N2O2/c1-3-15(17-5-7-20(27)22(29)10-17)11-23-24(33-13-30-23)25-31-18(12-32-25)8-14(2)16-4-6-19(26)21(28)9-16/h4-7,9-10,14-15,18,23-24H,3,8,11-12H2,1-2H3. The fourth-order valence-corrected chi connectivity index (χ4v) is 4.98. The largest absolute Gasteiger partial charge is 0.476 e. The van der Waals surface area contributed by atoms with Gasteiger partial charge in [0.1, 0.15) is 12.6 Å². The maximum atomic E-state index is 6.24. The first-order valence-electron chi connectivity index (χ1n) is 11.1. The van der Waals surface area contributed by atoms with Gasteiger partial charge in [-0.3, -0.25) is 0 Å². The van der Waals surface area contributed by atoms with Crippen molar-refractivity contribution < 1.29 is 9.47 Å². The van der Waals surface area contributed by atoms with Crippen molar-refractivity contribution >= 4 is 58.7 Å². The van der Waals surface area contributed by atoms with Crippen molar-refractivity contribution in [3.63, 3.8) is 0 Å². The highest BCUT2D eigenvalue weighted by molar-refractivity contribution is 6.42. The number of rotatable bonds is 8. The highest BCUT2D eigenvalue weighted by Crippen LogP contribution is 2.34. The van der Waals surface area contributed by atoms with E-state index in [1.807, 2.05) is 36.4 Å². The molecule has 2 aliphatic heterocycles. The monoisotopic (exact) mass is 525 g/mol. The minimum Gasteiger partial charge on any atom is -0.476 e. The van der Waals surface area contributed by atoms with Crippen LogP contribution in [-0.2, 0) is 9.47 Å². The van der Waals surface area contributed by atoms with Gasteiger partial charge in [0.05, 0.1) is 26.1 Å². The van der Waals surface area contributed by atoms with Gasteiger partial charge in [0, 0.05) is 0 Å². The Hall–Kier alpha value is -1.46. The molecule has 0 spiro atoms. The Morgan fingerprint density at radius 3 is 2.30 bits per heavy atom. The van der Waals surface area contributed by atoms with Crippen LogP contribution in [0.15, 0.2) is 46.4 Å². The second kappa shape index (κ2) is 10.9. The molecular weight excluding hydrogens is 502 g/mol. The second-order valence-corrected chi connectivity index (χ2v) is 10.2. The number of halogens is 4. The van der Waals surface area contributed by atoms with Crippen LogP contribution in [0.3, 0.4) is 0 Å². The summed E-state index contributed by atoms with van der Waals surface area (Å²) in [7, 11) is 0. The van der Waals surface area contributed by atoms with Gasteiger partial charge in [-0.05, 0) is 66.5 Å². The van der Waals surface area contributed by atoms with Crippen molar-refractivity contribution in [2.75, 3.05) is 6.61 Å². The molecule has 0 amide bonds. The Kier molecular flexibility index (Phi) is 8.11. The van der Waals surface area contributed by atoms with Crippen LogP contribution >= 0.6 is 46.4 Å². The number of benzene rings is 2. The van der Waals surface area contributed by atoms with Gasteiger partial charge in [0.15, 0.2) is 6.10 Å². The molecule has 4 rings (SSSR count). The third kappa shape index (κ3) is 5.79. The third-order valence-corrected chi connectivity index (χ3v) is 7.77. The lowest BCUT2D eigenvalue weighted by Crippen LogP contribution is -2.32. The molecule has 0 aromatic heterocycles. The van der Waals surface area contributed by atoms with Crippen molar-refractivity contribution in [3.05, 3.63) is 67.6 Å². The summed E-state index contributed by atoms with van der Waals surface area (Å²) in [5, 5.41) is 2.24. The number of ether oxygens (including phenoxy) is 2. The van der Waals surface area contributed by atoms with Crippen LogP contribution in [0.25, 0.3) is 0 Å². The van der Waals surface area contributed by atoms with E-state index in [0.717, 1.165) is 30.4 Å². The quantitative estimate of drug-likeness (QED) is 0.351. The molecule has 5 unspecified atom stereocenters. The van der Waals surface area contributed by atoms with E-state index in [4.69, 9.17) is 60.9 Å². The summed E-state index contributed by atoms with van der Waals surface area (Å²) in [6, 6.07) is 11.5. The van der Waals surface area contributed by atoms with E-state index in [1.54, 1.807) is 0 Å². The number of nitrogens with zero attached hydrogens (tertiary/aromatic N) is 2. The third-order valence-electron chi connectivity index (χ3n) is 6.30. The highest BCUT2D eigenvalue weighted by atomic mass is 35.5. The Bertz CT molecular complexity index is 1060. The minimum absolute atomic E-state index is 0.0475. The SMILES string of the molecule is CCC(CC1N=[C]OC1C1=NC(CC(C)c2ccc(Cl)c(Cl)c2)CO1)c1ccc(Cl)c(Cl)c1. The van der Waals surface area contributed by atoms with Gasteiger partial charge in [0.25, 0.3) is 6.40 Å². The summed E-state index contributed by atoms with van der Waals surface area (Å²) in [5.41, 5.74) is 2.27. The molecule has 0 saturated heterocycles. The van der Waals surface area contributed by atoms with Crippen molar-refractivity contribution in [3.8, 4) is 0 Å². The zero-order valence-corrected chi connectivity index (χ0v) is 21.4. The molecule has 2 heterocycles. The van der Waals surface area contributed by atoms with Crippen LogP contribution in [0.2, 0.25) is 20.1 Å². The molecule has 1 radical (unpaired) electrons. The Morgan fingerprint density at radius 2 is 1.64 bits per heavy atom. The molecular formula is C25H25Cl4N2O2. The van der Waals surface area contributed by atoms with Crippen molar-refractivity contribution in [2.45, 2.75) is 63.1 Å². The van der Waals surface area contributed by atoms with Crippen LogP contribution in [0.4, 0.5) is 0 Å². The lowest BCUT2D eigenvalue weighted by molar-refractivity contribution is 0.206. The number of hydrogen-bond acceptors (Lipinski definition) is 4. The van der Waals surface area contributed by atoms with Crippen LogP contribution in [0, 0.1) is 0 Å². The number of hydrogen-bond donors (Lipinski definition) is 0. The topological polar surface area (TPSA) is 43.2 Å². The molecule has 2 aromatic rings. The first-order chi connectivity index (χ1) is 15.9. The van der Waals surface area contributed by atoms with Crippen molar-refractivity contribution in [1.29, 1.82) is 0 Å². The van der Waals surface area contributed by atoms with Gasteiger partial charge in [-0.15, -0.1) is 0 Å². The van der Waals surface area contributed by atoms with E-state index in [-0.39, 0.29) is 30.0 Å². The summed E-state index contributed by atoms with van der Waals surface area (Å²) in [4.78, 5) is 9.28. The molecule has 0 aliphatic carbocycles. The summed E-state index contributed by atoms with van der Waals surface area (Å²) in [5.74, 6) is 1.12. The smallest absolute Gasteiger partial charge is 0.274 e. The van der Waals surface area contributed by atoms with E-state index in [0.29, 0.717) is 32.6 Å². The molecule has 5 atom stereocenters. The molecule has 0 bridgehead atoms. The Morgan fingerprint density at radius 1 is 0.970 bits per heavy atom. The molecule has 0 saturated carbocycles. The minimum atomic E-state index is -0.355. The Balaban J connectivity index is 1.41. The van der Waals surface area contributed by atoms with Crippen LogP contribution < -0.4 is 0 Å². The van der Waals surface area contributed by atoms with Crippen LogP contribution in [0.1, 0.15) is 56.1 Å². The normalized spacial score (nSPS) is 23.7. The molecule has 2 aromatic carbocycles. The predicted octanol–water partition coefficient (Wildman–Crippen LogP) is 7.85. The van der Waals surface area contributed by atoms with Gasteiger partial charge in [-0.25, -0.2) is 9.98 Å². The average molecular weight is 527 g/mol. The van der Waals surface area contributed by atoms with Gasteiger partial charge in [-0.2, -0.15) is 0 Å².